The van der Waals surface area contributed by atoms with Gasteiger partial charge in [0.2, 0.25) is 0 Å². The highest BCUT2D eigenvalue weighted by molar-refractivity contribution is 5.77. The van der Waals surface area contributed by atoms with E-state index in [4.69, 9.17) is 4.74 Å². The Morgan fingerprint density at radius 2 is 1.31 bits per heavy atom. The van der Waals surface area contributed by atoms with Crippen molar-refractivity contribution in [2.24, 2.45) is 5.41 Å². The number of para-hydroxylation sites is 2. The van der Waals surface area contributed by atoms with Crippen LogP contribution in [0.15, 0.2) is 103 Å². The lowest BCUT2D eigenvalue weighted by molar-refractivity contribution is -0.169. The molecule has 2 N–H and O–H groups in total. The molecular weight excluding hydrogens is 558 g/mol. The Hall–Kier alpha value is -4.25. The van der Waals surface area contributed by atoms with Crippen molar-refractivity contribution < 1.29 is 19.7 Å². The van der Waals surface area contributed by atoms with Gasteiger partial charge in [0.25, 0.3) is 0 Å². The fraction of sp³-hybridized carbons (Fsp3) is 0.375. The average molecular weight is 606 g/mol. The maximum atomic E-state index is 13.7. The topological polar surface area (TPSA) is 70.0 Å². The van der Waals surface area contributed by atoms with Gasteiger partial charge in [0.1, 0.15) is 5.60 Å². The molecule has 5 heteroatoms. The summed E-state index contributed by atoms with van der Waals surface area (Å²) >= 11 is 0. The van der Waals surface area contributed by atoms with Crippen molar-refractivity contribution in [3.8, 4) is 11.5 Å². The Morgan fingerprint density at radius 3 is 1.84 bits per heavy atom. The number of benzene rings is 4. The lowest BCUT2D eigenvalue weighted by Gasteiger charge is -2.34. The molecule has 1 saturated carbocycles. The molecule has 2 atom stereocenters. The number of ether oxygens (including phenoxy) is 1. The number of anilines is 3. The largest absolute Gasteiger partial charge is 0.504 e. The van der Waals surface area contributed by atoms with Crippen LogP contribution in [0.25, 0.3) is 0 Å². The summed E-state index contributed by atoms with van der Waals surface area (Å²) in [6, 6.07) is 34.5. The number of aromatic hydroxyl groups is 2. The van der Waals surface area contributed by atoms with Gasteiger partial charge in [-0.15, -0.1) is 0 Å². The number of carbonyl (C=O) groups is 1. The molecule has 4 aromatic carbocycles. The van der Waals surface area contributed by atoms with Crippen LogP contribution in [0.3, 0.4) is 0 Å². The van der Waals surface area contributed by atoms with Gasteiger partial charge in [-0.25, -0.2) is 0 Å². The normalized spacial score (nSPS) is 15.7. The molecule has 236 valence electrons. The first kappa shape index (κ1) is 32.2. The molecule has 0 aliphatic heterocycles. The molecule has 0 saturated heterocycles. The third kappa shape index (κ3) is 7.70. The van der Waals surface area contributed by atoms with Crippen molar-refractivity contribution in [2.45, 2.75) is 90.1 Å². The van der Waals surface area contributed by atoms with Crippen molar-refractivity contribution in [1.82, 2.24) is 0 Å². The molecule has 5 nitrogen and oxygen atoms in total. The van der Waals surface area contributed by atoms with Gasteiger partial charge in [0, 0.05) is 17.1 Å². The Labute approximate surface area is 268 Å². The molecule has 0 amide bonds. The Morgan fingerprint density at radius 1 is 0.778 bits per heavy atom. The monoisotopic (exact) mass is 605 g/mol. The quantitative estimate of drug-likeness (QED) is 0.124. The summed E-state index contributed by atoms with van der Waals surface area (Å²) in [5.74, 6) is -0.177. The predicted octanol–water partition coefficient (Wildman–Crippen LogP) is 10.5. The van der Waals surface area contributed by atoms with Crippen LogP contribution in [-0.2, 0) is 9.53 Å². The van der Waals surface area contributed by atoms with E-state index in [1.165, 1.54) is 0 Å². The third-order valence-electron chi connectivity index (χ3n) is 9.49. The van der Waals surface area contributed by atoms with E-state index in [0.29, 0.717) is 6.42 Å². The van der Waals surface area contributed by atoms with Gasteiger partial charge in [-0.2, -0.15) is 0 Å². The molecular formula is C40H47NO4. The highest BCUT2D eigenvalue weighted by Crippen LogP contribution is 2.44. The van der Waals surface area contributed by atoms with E-state index in [1.807, 2.05) is 32.0 Å². The van der Waals surface area contributed by atoms with Crippen LogP contribution in [0.4, 0.5) is 17.1 Å². The predicted molar refractivity (Wildman–Crippen MR) is 183 cm³/mol. The number of phenols is 2. The number of esters is 1. The lowest BCUT2D eigenvalue weighted by atomic mass is 9.74. The number of rotatable bonds is 12. The van der Waals surface area contributed by atoms with E-state index in [1.54, 1.807) is 12.1 Å². The van der Waals surface area contributed by atoms with Gasteiger partial charge in [-0.1, -0.05) is 61.5 Å². The molecule has 5 rings (SSSR count). The highest BCUT2D eigenvalue weighted by atomic mass is 16.6. The SMILES string of the molecule is CCC(CC(CC(C)(C)C(=O)OC1(C)CCCC1)c1ccc(N(c2ccccc2)c2ccccc2)cc1)c1ccc(O)c(O)c1. The smallest absolute Gasteiger partial charge is 0.312 e. The zero-order valence-electron chi connectivity index (χ0n) is 27.1. The van der Waals surface area contributed by atoms with Gasteiger partial charge in [-0.3, -0.25) is 4.79 Å². The van der Waals surface area contributed by atoms with Crippen LogP contribution in [-0.4, -0.2) is 21.8 Å². The zero-order chi connectivity index (χ0) is 32.0. The molecule has 0 radical (unpaired) electrons. The first-order valence-corrected chi connectivity index (χ1v) is 16.3. The highest BCUT2D eigenvalue weighted by Gasteiger charge is 2.40. The molecule has 4 aromatic rings. The summed E-state index contributed by atoms with van der Waals surface area (Å²) in [4.78, 5) is 15.9. The second kappa shape index (κ2) is 13.8. The van der Waals surface area contributed by atoms with Crippen molar-refractivity contribution in [3.63, 3.8) is 0 Å². The van der Waals surface area contributed by atoms with E-state index in [0.717, 1.165) is 66.7 Å². The second-order valence-corrected chi connectivity index (χ2v) is 13.5. The second-order valence-electron chi connectivity index (χ2n) is 13.5. The summed E-state index contributed by atoms with van der Waals surface area (Å²) in [6.07, 6.45) is 6.30. The summed E-state index contributed by atoms with van der Waals surface area (Å²) < 4.78 is 6.19. The average Bonchev–Trinajstić information content (AvgIpc) is 3.47. The standard InChI is InChI=1S/C40H47NO4/c1-5-29(31-20-23-36(42)37(43)27-31)26-32(28-39(2,3)38(44)45-40(4)24-12-13-25-40)30-18-21-35(22-19-30)41(33-14-8-6-9-15-33)34-16-10-7-11-17-34/h6-11,14-23,27,29,32,42-43H,5,12-13,24-26,28H2,1-4H3. The van der Waals surface area contributed by atoms with Crippen LogP contribution in [0.2, 0.25) is 0 Å². The molecule has 0 spiro atoms. The summed E-state index contributed by atoms with van der Waals surface area (Å²) in [5, 5.41) is 20.2. The van der Waals surface area contributed by atoms with Crippen molar-refractivity contribution in [1.29, 1.82) is 0 Å². The molecule has 2 unspecified atom stereocenters. The van der Waals surface area contributed by atoms with Gasteiger partial charge < -0.3 is 19.8 Å². The number of hydrogen-bond donors (Lipinski definition) is 2. The molecule has 1 fully saturated rings. The minimum atomic E-state index is -0.690. The van der Waals surface area contributed by atoms with Crippen LogP contribution >= 0.6 is 0 Å². The molecule has 0 bridgehead atoms. The fourth-order valence-corrected chi connectivity index (χ4v) is 6.80. The lowest BCUT2D eigenvalue weighted by Crippen LogP contribution is -2.37. The van der Waals surface area contributed by atoms with Crippen molar-refractivity contribution in [3.05, 3.63) is 114 Å². The Kier molecular flexibility index (Phi) is 9.86. The van der Waals surface area contributed by atoms with Crippen molar-refractivity contribution in [2.75, 3.05) is 4.90 Å². The van der Waals surface area contributed by atoms with E-state index in [-0.39, 0.29) is 34.9 Å². The molecule has 1 aliphatic carbocycles. The molecule has 1 aliphatic rings. The van der Waals surface area contributed by atoms with Crippen LogP contribution in [0, 0.1) is 5.41 Å². The third-order valence-corrected chi connectivity index (χ3v) is 9.49. The zero-order valence-corrected chi connectivity index (χ0v) is 27.1. The summed E-state index contributed by atoms with van der Waals surface area (Å²) in [5.41, 5.74) is 4.29. The number of nitrogens with zero attached hydrogens (tertiary/aromatic N) is 1. The Balaban J connectivity index is 1.47. The van der Waals surface area contributed by atoms with Gasteiger partial charge in [-0.05, 0) is 137 Å². The summed E-state index contributed by atoms with van der Waals surface area (Å²) in [6.45, 7) is 8.23. The number of carbonyl (C=O) groups excluding carboxylic acids is 1. The van der Waals surface area contributed by atoms with E-state index in [9.17, 15) is 15.0 Å². The first-order chi connectivity index (χ1) is 21.6. The fourth-order valence-electron chi connectivity index (χ4n) is 6.80. The van der Waals surface area contributed by atoms with E-state index >= 15 is 0 Å². The Bertz CT molecular complexity index is 1500. The van der Waals surface area contributed by atoms with Gasteiger partial charge >= 0.3 is 5.97 Å². The van der Waals surface area contributed by atoms with E-state index in [2.05, 4.69) is 91.5 Å². The minimum Gasteiger partial charge on any atom is -0.504 e. The van der Waals surface area contributed by atoms with Gasteiger partial charge in [0.15, 0.2) is 11.5 Å². The number of phenolic OH excluding ortho intramolecular Hbond substituents is 2. The molecule has 0 heterocycles. The molecule has 45 heavy (non-hydrogen) atoms. The maximum Gasteiger partial charge on any atom is 0.312 e. The number of hydrogen-bond acceptors (Lipinski definition) is 5. The molecule has 0 aromatic heterocycles. The van der Waals surface area contributed by atoms with E-state index < -0.39 is 5.41 Å². The van der Waals surface area contributed by atoms with Crippen LogP contribution < -0.4 is 4.90 Å². The van der Waals surface area contributed by atoms with Crippen molar-refractivity contribution >= 4 is 23.0 Å². The minimum absolute atomic E-state index is 0.0563. The maximum absolute atomic E-state index is 13.7. The van der Waals surface area contributed by atoms with Crippen LogP contribution in [0.5, 0.6) is 11.5 Å². The van der Waals surface area contributed by atoms with Crippen LogP contribution in [0.1, 0.15) is 95.6 Å². The summed E-state index contributed by atoms with van der Waals surface area (Å²) in [7, 11) is 0. The first-order valence-electron chi connectivity index (χ1n) is 16.3. The van der Waals surface area contributed by atoms with Gasteiger partial charge in [0.05, 0.1) is 5.41 Å².